The molecule has 0 radical (unpaired) electrons. The summed E-state index contributed by atoms with van der Waals surface area (Å²) in [7, 11) is 3.29. The van der Waals surface area contributed by atoms with Gasteiger partial charge in [0.05, 0.1) is 5.92 Å². The number of hydrogen-bond acceptors (Lipinski definition) is 4. The van der Waals surface area contributed by atoms with Crippen LogP contribution in [0.2, 0.25) is 0 Å². The molecule has 8 heteroatoms. The third-order valence-corrected chi connectivity index (χ3v) is 3.48. The molecule has 21 heavy (non-hydrogen) atoms. The number of piperidine rings is 1. The predicted molar refractivity (Wildman–Crippen MR) is 74.6 cm³/mol. The van der Waals surface area contributed by atoms with E-state index in [4.69, 9.17) is 10.2 Å². The average Bonchev–Trinajstić information content (AvgIpc) is 2.45. The molecule has 1 rings (SSSR count). The number of likely N-dealkylation sites (tertiary alicyclic amines) is 1. The smallest absolute Gasteiger partial charge is 0.326 e. The first-order valence-corrected chi connectivity index (χ1v) is 6.97. The maximum atomic E-state index is 12.1. The number of urea groups is 1. The number of carboxylic acid groups (broad SMARTS) is 1. The van der Waals surface area contributed by atoms with Gasteiger partial charge in [-0.2, -0.15) is 0 Å². The summed E-state index contributed by atoms with van der Waals surface area (Å²) in [5, 5.41) is 20.2. The number of carbonyl (C=O) groups is 3. The number of nitrogens with one attached hydrogen (secondary N) is 1. The van der Waals surface area contributed by atoms with Crippen molar-refractivity contribution in [2.75, 3.05) is 33.8 Å². The van der Waals surface area contributed by atoms with Gasteiger partial charge < -0.3 is 25.3 Å². The molecule has 1 aliphatic heterocycles. The molecule has 1 aliphatic rings. The van der Waals surface area contributed by atoms with Crippen molar-refractivity contribution in [3.63, 3.8) is 0 Å². The minimum Gasteiger partial charge on any atom is -0.480 e. The molecule has 0 aromatic rings. The van der Waals surface area contributed by atoms with Crippen molar-refractivity contribution in [2.45, 2.75) is 25.3 Å². The minimum atomic E-state index is -1.17. The molecule has 1 saturated heterocycles. The number of aliphatic hydroxyl groups is 1. The SMILES string of the molecule is CN(C)C(=O)N1CCCC(C(=O)NC(CCO)C(=O)O)C1. The number of aliphatic hydroxyl groups excluding tert-OH is 1. The van der Waals surface area contributed by atoms with Gasteiger partial charge in [0, 0.05) is 40.2 Å². The van der Waals surface area contributed by atoms with E-state index in [0.717, 1.165) is 0 Å². The molecule has 2 unspecified atom stereocenters. The van der Waals surface area contributed by atoms with Crippen LogP contribution in [0.15, 0.2) is 0 Å². The molecule has 3 N–H and O–H groups in total. The normalized spacial score (nSPS) is 19.8. The van der Waals surface area contributed by atoms with Crippen LogP contribution in [-0.4, -0.2) is 77.8 Å². The van der Waals surface area contributed by atoms with E-state index in [1.165, 1.54) is 4.90 Å². The van der Waals surface area contributed by atoms with E-state index in [1.807, 2.05) is 0 Å². The van der Waals surface area contributed by atoms with Crippen LogP contribution in [0.3, 0.4) is 0 Å². The van der Waals surface area contributed by atoms with Crippen molar-refractivity contribution in [1.82, 2.24) is 15.1 Å². The van der Waals surface area contributed by atoms with Crippen molar-refractivity contribution in [1.29, 1.82) is 0 Å². The first-order chi connectivity index (χ1) is 9.86. The standard InChI is InChI=1S/C13H23N3O5/c1-15(2)13(21)16-6-3-4-9(8-16)11(18)14-10(5-7-17)12(19)20/h9-10,17H,3-8H2,1-2H3,(H,14,18)(H,19,20). The van der Waals surface area contributed by atoms with Gasteiger partial charge >= 0.3 is 12.0 Å². The van der Waals surface area contributed by atoms with Crippen LogP contribution >= 0.6 is 0 Å². The van der Waals surface area contributed by atoms with Gasteiger partial charge in [-0.05, 0) is 12.8 Å². The predicted octanol–water partition coefficient (Wildman–Crippen LogP) is -0.668. The Hall–Kier alpha value is -1.83. The Morgan fingerprint density at radius 3 is 2.57 bits per heavy atom. The van der Waals surface area contributed by atoms with Crippen molar-refractivity contribution < 1.29 is 24.6 Å². The molecule has 1 heterocycles. The molecular formula is C13H23N3O5. The number of aliphatic carboxylic acids is 1. The van der Waals surface area contributed by atoms with E-state index < -0.39 is 17.9 Å². The Morgan fingerprint density at radius 2 is 2.05 bits per heavy atom. The maximum Gasteiger partial charge on any atom is 0.326 e. The lowest BCUT2D eigenvalue weighted by Gasteiger charge is -2.34. The van der Waals surface area contributed by atoms with Crippen LogP contribution in [0.5, 0.6) is 0 Å². The second-order valence-electron chi connectivity index (χ2n) is 5.37. The first-order valence-electron chi connectivity index (χ1n) is 6.97. The Labute approximate surface area is 123 Å². The average molecular weight is 301 g/mol. The monoisotopic (exact) mass is 301 g/mol. The fourth-order valence-electron chi connectivity index (χ4n) is 2.32. The summed E-state index contributed by atoms with van der Waals surface area (Å²) in [5.74, 6) is -1.97. The minimum absolute atomic E-state index is 0.0336. The van der Waals surface area contributed by atoms with Crippen molar-refractivity contribution >= 4 is 17.9 Å². The van der Waals surface area contributed by atoms with Crippen LogP contribution in [0, 0.1) is 5.92 Å². The lowest BCUT2D eigenvalue weighted by molar-refractivity contribution is -0.143. The Kier molecular flexibility index (Phi) is 6.41. The van der Waals surface area contributed by atoms with Gasteiger partial charge in [-0.25, -0.2) is 9.59 Å². The summed E-state index contributed by atoms with van der Waals surface area (Å²) in [6, 6.07) is -1.25. The third kappa shape index (κ3) is 4.89. The first kappa shape index (κ1) is 17.2. The van der Waals surface area contributed by atoms with E-state index in [-0.39, 0.29) is 31.5 Å². The molecule has 8 nitrogen and oxygen atoms in total. The fraction of sp³-hybridized carbons (Fsp3) is 0.769. The van der Waals surface area contributed by atoms with E-state index in [2.05, 4.69) is 5.32 Å². The van der Waals surface area contributed by atoms with Gasteiger partial charge in [-0.1, -0.05) is 0 Å². The molecule has 0 aromatic heterocycles. The van der Waals surface area contributed by atoms with Crippen LogP contribution in [0.25, 0.3) is 0 Å². The highest BCUT2D eigenvalue weighted by atomic mass is 16.4. The summed E-state index contributed by atoms with van der Waals surface area (Å²) in [4.78, 5) is 38.0. The van der Waals surface area contributed by atoms with Gasteiger partial charge in [0.25, 0.3) is 0 Å². The Morgan fingerprint density at radius 1 is 1.38 bits per heavy atom. The molecule has 0 aliphatic carbocycles. The molecule has 0 aromatic carbocycles. The molecule has 2 atom stereocenters. The second kappa shape index (κ2) is 7.82. The number of rotatable bonds is 5. The van der Waals surface area contributed by atoms with Crippen LogP contribution in [0.4, 0.5) is 4.79 Å². The summed E-state index contributed by atoms with van der Waals surface area (Å²) in [6.07, 6.45) is 1.29. The summed E-state index contributed by atoms with van der Waals surface area (Å²) in [6.45, 7) is 0.571. The zero-order chi connectivity index (χ0) is 16.0. The van der Waals surface area contributed by atoms with Gasteiger partial charge in [-0.3, -0.25) is 4.79 Å². The number of carboxylic acids is 1. The second-order valence-corrected chi connectivity index (χ2v) is 5.37. The highest BCUT2D eigenvalue weighted by Gasteiger charge is 2.31. The van der Waals surface area contributed by atoms with Gasteiger partial charge in [-0.15, -0.1) is 0 Å². The van der Waals surface area contributed by atoms with Gasteiger partial charge in [0.15, 0.2) is 0 Å². The van der Waals surface area contributed by atoms with E-state index >= 15 is 0 Å². The van der Waals surface area contributed by atoms with Gasteiger partial charge in [0.1, 0.15) is 6.04 Å². The molecule has 3 amide bonds. The number of hydrogen-bond donors (Lipinski definition) is 3. The van der Waals surface area contributed by atoms with E-state index in [1.54, 1.807) is 19.0 Å². The van der Waals surface area contributed by atoms with Crippen LogP contribution < -0.4 is 5.32 Å². The van der Waals surface area contributed by atoms with Crippen molar-refractivity contribution in [2.24, 2.45) is 5.92 Å². The quantitative estimate of drug-likeness (QED) is 0.624. The highest BCUT2D eigenvalue weighted by Crippen LogP contribution is 2.18. The van der Waals surface area contributed by atoms with Crippen LogP contribution in [-0.2, 0) is 9.59 Å². The number of nitrogens with zero attached hydrogens (tertiary/aromatic N) is 2. The lowest BCUT2D eigenvalue weighted by atomic mass is 9.97. The molecule has 0 saturated carbocycles. The Balaban J connectivity index is 2.61. The third-order valence-electron chi connectivity index (χ3n) is 3.48. The topological polar surface area (TPSA) is 110 Å². The van der Waals surface area contributed by atoms with Crippen molar-refractivity contribution in [3.8, 4) is 0 Å². The fourth-order valence-corrected chi connectivity index (χ4v) is 2.32. The molecule has 0 spiro atoms. The molecular weight excluding hydrogens is 278 g/mol. The summed E-state index contributed by atoms with van der Waals surface area (Å²) >= 11 is 0. The van der Waals surface area contributed by atoms with Gasteiger partial charge in [0.2, 0.25) is 5.91 Å². The number of carbonyl (C=O) groups excluding carboxylic acids is 2. The van der Waals surface area contributed by atoms with E-state index in [9.17, 15) is 14.4 Å². The summed E-state index contributed by atoms with van der Waals surface area (Å²) < 4.78 is 0. The molecule has 120 valence electrons. The van der Waals surface area contributed by atoms with Crippen LogP contribution in [0.1, 0.15) is 19.3 Å². The maximum absolute atomic E-state index is 12.1. The van der Waals surface area contributed by atoms with Crippen molar-refractivity contribution in [3.05, 3.63) is 0 Å². The number of amides is 3. The largest absolute Gasteiger partial charge is 0.480 e. The lowest BCUT2D eigenvalue weighted by Crippen LogP contribution is -2.51. The molecule has 1 fully saturated rings. The molecule has 0 bridgehead atoms. The summed E-state index contributed by atoms with van der Waals surface area (Å²) in [5.41, 5.74) is 0. The van der Waals surface area contributed by atoms with E-state index in [0.29, 0.717) is 19.4 Å². The highest BCUT2D eigenvalue weighted by molar-refractivity contribution is 5.85. The zero-order valence-corrected chi connectivity index (χ0v) is 12.4. The Bertz CT molecular complexity index is 399. The zero-order valence-electron chi connectivity index (χ0n) is 12.4.